The van der Waals surface area contributed by atoms with E-state index in [1.807, 2.05) is 9.47 Å². The SMILES string of the molecule is NC1NC(=O)c2nc([C@@H]3CCC(CO)O3)n3c2N1C3. The molecule has 3 atom stereocenters. The number of carbonyl (C=O) groups excluding carboxylic acids is 1. The van der Waals surface area contributed by atoms with Crippen LogP contribution >= 0.6 is 0 Å². The number of carbonyl (C=O) groups is 1. The fourth-order valence-corrected chi connectivity index (χ4v) is 2.96. The van der Waals surface area contributed by atoms with Gasteiger partial charge < -0.3 is 20.1 Å². The van der Waals surface area contributed by atoms with E-state index >= 15 is 0 Å². The molecule has 102 valence electrons. The first-order valence-corrected chi connectivity index (χ1v) is 6.39. The van der Waals surface area contributed by atoms with E-state index in [1.165, 1.54) is 0 Å². The highest BCUT2D eigenvalue weighted by Gasteiger charge is 2.44. The van der Waals surface area contributed by atoms with Crippen molar-refractivity contribution in [3.05, 3.63) is 11.5 Å². The van der Waals surface area contributed by atoms with Crippen LogP contribution in [0.3, 0.4) is 0 Å². The highest BCUT2D eigenvalue weighted by atomic mass is 16.5. The number of hydrogen-bond donors (Lipinski definition) is 3. The molecule has 0 spiro atoms. The van der Waals surface area contributed by atoms with E-state index < -0.39 is 6.29 Å². The maximum atomic E-state index is 11.8. The van der Waals surface area contributed by atoms with E-state index in [9.17, 15) is 4.79 Å². The molecule has 3 aliphatic heterocycles. The van der Waals surface area contributed by atoms with E-state index in [2.05, 4.69) is 10.3 Å². The van der Waals surface area contributed by atoms with Crippen molar-refractivity contribution in [3.8, 4) is 0 Å². The van der Waals surface area contributed by atoms with Gasteiger partial charge in [0.15, 0.2) is 12.0 Å². The number of aliphatic hydroxyl groups excluding tert-OH is 1. The van der Waals surface area contributed by atoms with Crippen LogP contribution in [0.5, 0.6) is 0 Å². The van der Waals surface area contributed by atoms with Crippen molar-refractivity contribution in [1.82, 2.24) is 14.9 Å². The van der Waals surface area contributed by atoms with Gasteiger partial charge in [0.1, 0.15) is 24.4 Å². The summed E-state index contributed by atoms with van der Waals surface area (Å²) in [6.45, 7) is 0.636. The zero-order chi connectivity index (χ0) is 13.1. The molecule has 0 bridgehead atoms. The Kier molecular flexibility index (Phi) is 2.17. The van der Waals surface area contributed by atoms with E-state index in [0.29, 0.717) is 12.4 Å². The quantitative estimate of drug-likeness (QED) is 0.624. The molecule has 1 saturated heterocycles. The van der Waals surface area contributed by atoms with Crippen LogP contribution < -0.4 is 16.0 Å². The van der Waals surface area contributed by atoms with Gasteiger partial charge in [-0.05, 0) is 12.8 Å². The Labute approximate surface area is 109 Å². The zero-order valence-electron chi connectivity index (χ0n) is 10.2. The molecular weight excluding hydrogens is 250 g/mol. The van der Waals surface area contributed by atoms with Gasteiger partial charge in [0.25, 0.3) is 5.91 Å². The molecule has 4 rings (SSSR count). The fourth-order valence-electron chi connectivity index (χ4n) is 2.96. The molecule has 19 heavy (non-hydrogen) atoms. The van der Waals surface area contributed by atoms with E-state index in [4.69, 9.17) is 15.6 Å². The molecule has 0 saturated carbocycles. The van der Waals surface area contributed by atoms with Crippen molar-refractivity contribution >= 4 is 11.7 Å². The Hall–Kier alpha value is -1.64. The third-order valence-electron chi connectivity index (χ3n) is 3.97. The summed E-state index contributed by atoms with van der Waals surface area (Å²) in [4.78, 5) is 18.1. The van der Waals surface area contributed by atoms with Crippen LogP contribution in [-0.4, -0.2) is 39.6 Å². The summed E-state index contributed by atoms with van der Waals surface area (Å²) in [5, 5.41) is 11.8. The van der Waals surface area contributed by atoms with Gasteiger partial charge in [-0.3, -0.25) is 15.1 Å². The first-order valence-electron chi connectivity index (χ1n) is 6.39. The van der Waals surface area contributed by atoms with Gasteiger partial charge >= 0.3 is 0 Å². The van der Waals surface area contributed by atoms with Gasteiger partial charge in [0.2, 0.25) is 0 Å². The Balaban J connectivity index is 1.70. The van der Waals surface area contributed by atoms with E-state index in [-0.39, 0.29) is 24.7 Å². The molecule has 0 aromatic carbocycles. The smallest absolute Gasteiger partial charge is 0.276 e. The number of rotatable bonds is 2. The van der Waals surface area contributed by atoms with Crippen LogP contribution in [0.25, 0.3) is 0 Å². The molecule has 1 aromatic rings. The zero-order valence-corrected chi connectivity index (χ0v) is 10.2. The average molecular weight is 265 g/mol. The van der Waals surface area contributed by atoms with Crippen molar-refractivity contribution < 1.29 is 14.6 Å². The molecule has 8 nitrogen and oxygen atoms in total. The number of anilines is 1. The second kappa shape index (κ2) is 3.69. The Morgan fingerprint density at radius 1 is 1.53 bits per heavy atom. The molecule has 1 amide bonds. The number of nitrogens with zero attached hydrogens (tertiary/aromatic N) is 3. The predicted molar refractivity (Wildman–Crippen MR) is 64.1 cm³/mol. The van der Waals surface area contributed by atoms with Gasteiger partial charge in [-0.15, -0.1) is 0 Å². The summed E-state index contributed by atoms with van der Waals surface area (Å²) in [5.74, 6) is 1.30. The summed E-state index contributed by atoms with van der Waals surface area (Å²) >= 11 is 0. The van der Waals surface area contributed by atoms with Crippen molar-refractivity contribution in [2.45, 2.75) is 38.0 Å². The highest BCUT2D eigenvalue weighted by Crippen LogP contribution is 2.40. The lowest BCUT2D eigenvalue weighted by Gasteiger charge is -2.43. The number of hydrogen-bond acceptors (Lipinski definition) is 6. The van der Waals surface area contributed by atoms with Crippen molar-refractivity contribution in [1.29, 1.82) is 0 Å². The lowest BCUT2D eigenvalue weighted by Crippen LogP contribution is -2.62. The second-order valence-corrected chi connectivity index (χ2v) is 5.11. The maximum absolute atomic E-state index is 11.8. The topological polar surface area (TPSA) is 106 Å². The van der Waals surface area contributed by atoms with Gasteiger partial charge in [-0.25, -0.2) is 4.98 Å². The Morgan fingerprint density at radius 2 is 2.37 bits per heavy atom. The summed E-state index contributed by atoms with van der Waals surface area (Å²) < 4.78 is 7.70. The summed E-state index contributed by atoms with van der Waals surface area (Å²) in [6, 6.07) is 0. The van der Waals surface area contributed by atoms with Gasteiger partial charge in [0, 0.05) is 0 Å². The first-order chi connectivity index (χ1) is 9.19. The molecule has 0 aliphatic carbocycles. The van der Waals surface area contributed by atoms with E-state index in [0.717, 1.165) is 24.5 Å². The molecule has 1 aromatic heterocycles. The molecule has 1 fully saturated rings. The number of nitrogens with two attached hydrogens (primary N) is 1. The number of ether oxygens (including phenoxy) is 1. The van der Waals surface area contributed by atoms with Crippen molar-refractivity contribution in [2.75, 3.05) is 11.5 Å². The summed E-state index contributed by atoms with van der Waals surface area (Å²) in [7, 11) is 0. The van der Waals surface area contributed by atoms with Crippen LogP contribution in [0.2, 0.25) is 0 Å². The average Bonchev–Trinajstić information content (AvgIpc) is 2.91. The maximum Gasteiger partial charge on any atom is 0.276 e. The Bertz CT molecular complexity index is 557. The van der Waals surface area contributed by atoms with Crippen LogP contribution in [0.15, 0.2) is 0 Å². The second-order valence-electron chi connectivity index (χ2n) is 5.11. The summed E-state index contributed by atoms with van der Waals surface area (Å²) in [6.07, 6.45) is 0.877. The standard InChI is InChI=1S/C11H15N5O3/c12-11-14-9(18)7-10-15(4-16(10)11)8(13-7)6-2-1-5(3-17)19-6/h5-6,11,17H,1-4,12H2,(H,14,18)/t5?,6-,11?/m0/s1. The molecule has 0 radical (unpaired) electrons. The van der Waals surface area contributed by atoms with Crippen molar-refractivity contribution in [3.63, 3.8) is 0 Å². The van der Waals surface area contributed by atoms with Crippen LogP contribution in [0, 0.1) is 0 Å². The van der Waals surface area contributed by atoms with Crippen LogP contribution in [0.1, 0.15) is 35.3 Å². The molecule has 8 heteroatoms. The minimum atomic E-state index is -0.480. The molecule has 4 heterocycles. The van der Waals surface area contributed by atoms with Crippen molar-refractivity contribution in [2.24, 2.45) is 5.73 Å². The Morgan fingerprint density at radius 3 is 3.11 bits per heavy atom. The normalized spacial score (nSPS) is 32.0. The fraction of sp³-hybridized carbons (Fsp3) is 0.636. The van der Waals surface area contributed by atoms with Crippen LogP contribution in [0.4, 0.5) is 5.82 Å². The predicted octanol–water partition coefficient (Wildman–Crippen LogP) is -1.14. The largest absolute Gasteiger partial charge is 0.394 e. The molecule has 3 aliphatic rings. The number of amides is 1. The molecule has 4 N–H and O–H groups in total. The monoisotopic (exact) mass is 265 g/mol. The third kappa shape index (κ3) is 1.38. The van der Waals surface area contributed by atoms with Gasteiger partial charge in [0.05, 0.1) is 12.7 Å². The first kappa shape index (κ1) is 11.2. The number of nitrogens with one attached hydrogen (secondary N) is 1. The lowest BCUT2D eigenvalue weighted by atomic mass is 10.2. The van der Waals surface area contributed by atoms with Gasteiger partial charge in [-0.1, -0.05) is 0 Å². The summed E-state index contributed by atoms with van der Waals surface area (Å²) in [5.41, 5.74) is 6.24. The third-order valence-corrected chi connectivity index (χ3v) is 3.97. The number of aromatic nitrogens is 2. The number of imidazole rings is 1. The molecule has 2 unspecified atom stereocenters. The minimum absolute atomic E-state index is 0.0222. The van der Waals surface area contributed by atoms with E-state index in [1.54, 1.807) is 0 Å². The minimum Gasteiger partial charge on any atom is -0.394 e. The molecular formula is C11H15N5O3. The highest BCUT2D eigenvalue weighted by molar-refractivity contribution is 6.00. The van der Waals surface area contributed by atoms with Crippen LogP contribution in [-0.2, 0) is 11.4 Å². The lowest BCUT2D eigenvalue weighted by molar-refractivity contribution is 0.00545. The number of aliphatic hydroxyl groups is 1. The van der Waals surface area contributed by atoms with Gasteiger partial charge in [-0.2, -0.15) is 0 Å².